The van der Waals surface area contributed by atoms with Crippen LogP contribution in [0.2, 0.25) is 0 Å². The van der Waals surface area contributed by atoms with E-state index in [1.807, 2.05) is 21.7 Å². The Morgan fingerprint density at radius 1 is 1.30 bits per heavy atom. The predicted octanol–water partition coefficient (Wildman–Crippen LogP) is 0.918. The van der Waals surface area contributed by atoms with Crippen molar-refractivity contribution in [3.05, 3.63) is 23.5 Å². The maximum absolute atomic E-state index is 13.2. The van der Waals surface area contributed by atoms with E-state index in [1.54, 1.807) is 0 Å². The second kappa shape index (κ2) is 7.96. The molecule has 0 aliphatic carbocycles. The van der Waals surface area contributed by atoms with Crippen molar-refractivity contribution >= 4 is 29.0 Å². The third-order valence-corrected chi connectivity index (χ3v) is 6.92. The van der Waals surface area contributed by atoms with E-state index < -0.39 is 0 Å². The van der Waals surface area contributed by atoms with Crippen molar-refractivity contribution in [2.45, 2.75) is 50.2 Å². The van der Waals surface area contributed by atoms with Crippen molar-refractivity contribution in [1.29, 1.82) is 0 Å². The number of halogens is 1. The molecule has 162 valence electrons. The van der Waals surface area contributed by atoms with Crippen LogP contribution in [0.5, 0.6) is 0 Å². The second-order valence-corrected chi connectivity index (χ2v) is 9.16. The normalized spacial score (nSPS) is 29.8. The molecule has 2 unspecified atom stereocenters. The van der Waals surface area contributed by atoms with Crippen LogP contribution in [0.15, 0.2) is 12.3 Å². The topological polar surface area (TPSA) is 104 Å². The molecule has 1 amide bonds. The van der Waals surface area contributed by atoms with E-state index in [4.69, 9.17) is 27.4 Å². The number of piperidine rings is 1. The molecule has 0 saturated carbocycles. The molecule has 9 nitrogen and oxygen atoms in total. The van der Waals surface area contributed by atoms with Crippen molar-refractivity contribution in [3.8, 4) is 0 Å². The molecule has 3 fully saturated rings. The van der Waals surface area contributed by atoms with Crippen molar-refractivity contribution in [2.75, 3.05) is 31.1 Å². The molecular weight excluding hydrogens is 404 g/mol. The molecule has 3 aliphatic rings. The van der Waals surface area contributed by atoms with Crippen LogP contribution in [0.1, 0.15) is 43.0 Å². The summed E-state index contributed by atoms with van der Waals surface area (Å²) < 4.78 is 1.84. The van der Waals surface area contributed by atoms with E-state index in [-0.39, 0.29) is 29.4 Å². The second-order valence-electron chi connectivity index (χ2n) is 8.69. The van der Waals surface area contributed by atoms with Gasteiger partial charge in [-0.2, -0.15) is 5.10 Å². The summed E-state index contributed by atoms with van der Waals surface area (Å²) in [6, 6.07) is 2.19. The van der Waals surface area contributed by atoms with Gasteiger partial charge in [-0.1, -0.05) is 0 Å². The lowest BCUT2D eigenvalue weighted by molar-refractivity contribution is -0.138. The minimum absolute atomic E-state index is 0.0404. The Morgan fingerprint density at radius 3 is 2.90 bits per heavy atom. The van der Waals surface area contributed by atoms with Gasteiger partial charge in [0.05, 0.1) is 17.7 Å². The third kappa shape index (κ3) is 3.53. The number of nitrogens with zero attached hydrogens (tertiary/aromatic N) is 5. The van der Waals surface area contributed by atoms with Gasteiger partial charge < -0.3 is 15.5 Å². The smallest absolute Gasteiger partial charge is 0.230 e. The molecule has 5 heterocycles. The number of rotatable bonds is 3. The van der Waals surface area contributed by atoms with Crippen molar-refractivity contribution in [3.63, 3.8) is 0 Å². The Morgan fingerprint density at radius 2 is 2.17 bits per heavy atom. The molecule has 3 aliphatic heterocycles. The van der Waals surface area contributed by atoms with Crippen LogP contribution in [-0.2, 0) is 4.79 Å². The van der Waals surface area contributed by atoms with Crippen molar-refractivity contribution in [1.82, 2.24) is 30.3 Å². The molecule has 0 radical (unpaired) electrons. The first-order valence-electron chi connectivity index (χ1n) is 10.8. The summed E-state index contributed by atoms with van der Waals surface area (Å²) in [4.78, 5) is 22.3. The highest BCUT2D eigenvalue weighted by Crippen LogP contribution is 2.33. The number of nitrogens with two attached hydrogens (primary N) is 1. The minimum Gasteiger partial charge on any atom is -0.355 e. The van der Waals surface area contributed by atoms with E-state index in [0.29, 0.717) is 6.54 Å². The standard InChI is InChI=1S/C20H29ClN8O/c1-12-10-29-17(24-19(12)27-7-5-13(22)11-27)8-15(26-29)16-4-2-3-6-28(16)20(30)14-9-23-25-18(14)21/h8,10,13-14,16,18,23,25H,2-7,9,11,22H2,1H3/t13-,14?,16-,18?/m0/s1. The first-order valence-corrected chi connectivity index (χ1v) is 11.3. The van der Waals surface area contributed by atoms with Crippen molar-refractivity contribution < 1.29 is 4.79 Å². The molecule has 0 bridgehead atoms. The Labute approximate surface area is 180 Å². The number of anilines is 1. The number of alkyl halides is 1. The lowest BCUT2D eigenvalue weighted by atomic mass is 9.97. The number of carbonyl (C=O) groups excluding carboxylic acids is 1. The van der Waals surface area contributed by atoms with Crippen molar-refractivity contribution in [2.24, 2.45) is 11.7 Å². The average Bonchev–Trinajstić information content (AvgIpc) is 3.46. The largest absolute Gasteiger partial charge is 0.355 e. The van der Waals surface area contributed by atoms with Crippen LogP contribution < -0.4 is 21.5 Å². The first-order chi connectivity index (χ1) is 14.5. The highest BCUT2D eigenvalue weighted by atomic mass is 35.5. The molecule has 10 heteroatoms. The third-order valence-electron chi connectivity index (χ3n) is 6.51. The fraction of sp³-hybridized carbons (Fsp3) is 0.650. The van der Waals surface area contributed by atoms with E-state index in [1.165, 1.54) is 0 Å². The first kappa shape index (κ1) is 20.0. The number of hydrazine groups is 1. The highest BCUT2D eigenvalue weighted by Gasteiger charge is 2.39. The summed E-state index contributed by atoms with van der Waals surface area (Å²) in [5.41, 5.74) is 14.4. The molecular formula is C20H29ClN8O. The predicted molar refractivity (Wildman–Crippen MR) is 115 cm³/mol. The van der Waals surface area contributed by atoms with Gasteiger partial charge in [-0.25, -0.2) is 14.9 Å². The van der Waals surface area contributed by atoms with E-state index >= 15 is 0 Å². The van der Waals surface area contributed by atoms with Gasteiger partial charge in [0.1, 0.15) is 11.3 Å². The Kier molecular flexibility index (Phi) is 5.30. The summed E-state index contributed by atoms with van der Waals surface area (Å²) in [6.07, 6.45) is 6.01. The molecule has 30 heavy (non-hydrogen) atoms. The monoisotopic (exact) mass is 432 g/mol. The molecule has 3 saturated heterocycles. The summed E-state index contributed by atoms with van der Waals surface area (Å²) >= 11 is 6.29. The van der Waals surface area contributed by atoms with Crippen LogP contribution in [0, 0.1) is 12.8 Å². The van der Waals surface area contributed by atoms with Crippen LogP contribution >= 0.6 is 11.6 Å². The summed E-state index contributed by atoms with van der Waals surface area (Å²) in [5, 5.41) is 4.81. The number of likely N-dealkylation sites (tertiary alicyclic amines) is 1. The quantitative estimate of drug-likeness (QED) is 0.489. The van der Waals surface area contributed by atoms with Gasteiger partial charge in [0.25, 0.3) is 0 Å². The molecule has 5 rings (SSSR count). The van der Waals surface area contributed by atoms with Gasteiger partial charge >= 0.3 is 0 Å². The Hall–Kier alpha value is -1.94. The number of amides is 1. The summed E-state index contributed by atoms with van der Waals surface area (Å²) in [6.45, 7) is 5.10. The lowest BCUT2D eigenvalue weighted by Gasteiger charge is -2.36. The zero-order valence-electron chi connectivity index (χ0n) is 17.2. The van der Waals surface area contributed by atoms with Gasteiger partial charge in [0.15, 0.2) is 5.65 Å². The molecule has 4 N–H and O–H groups in total. The Balaban J connectivity index is 1.44. The summed E-state index contributed by atoms with van der Waals surface area (Å²) in [7, 11) is 0. The van der Waals surface area contributed by atoms with Gasteiger partial charge in [0.2, 0.25) is 5.91 Å². The van der Waals surface area contributed by atoms with E-state index in [9.17, 15) is 4.79 Å². The SMILES string of the molecule is Cc1cn2nc([C@@H]3CCCCN3C(=O)C3CNNC3Cl)cc2nc1N1CC[C@H](N)C1. The lowest BCUT2D eigenvalue weighted by Crippen LogP contribution is -2.44. The molecule has 2 aromatic heterocycles. The van der Waals surface area contributed by atoms with Crippen LogP contribution in [0.4, 0.5) is 5.82 Å². The van der Waals surface area contributed by atoms with Crippen LogP contribution in [-0.4, -0.2) is 63.1 Å². The van der Waals surface area contributed by atoms with E-state index in [2.05, 4.69) is 22.7 Å². The number of aromatic nitrogens is 3. The van der Waals surface area contributed by atoms with Gasteiger partial charge in [-0.05, 0) is 32.6 Å². The van der Waals surface area contributed by atoms with Gasteiger partial charge in [-0.15, -0.1) is 11.6 Å². The van der Waals surface area contributed by atoms with Gasteiger partial charge in [-0.3, -0.25) is 10.2 Å². The van der Waals surface area contributed by atoms with Crippen LogP contribution in [0.3, 0.4) is 0 Å². The molecule has 0 spiro atoms. The maximum atomic E-state index is 13.2. The molecule has 4 atom stereocenters. The number of hydrogen-bond acceptors (Lipinski definition) is 7. The number of fused-ring (bicyclic) bond motifs is 1. The zero-order valence-corrected chi connectivity index (χ0v) is 18.0. The van der Waals surface area contributed by atoms with Crippen LogP contribution in [0.25, 0.3) is 5.65 Å². The maximum Gasteiger partial charge on any atom is 0.230 e. The molecule has 2 aromatic rings. The zero-order chi connectivity index (χ0) is 20.8. The number of nitrogens with one attached hydrogen (secondary N) is 2. The fourth-order valence-electron chi connectivity index (χ4n) is 4.88. The molecule has 0 aromatic carbocycles. The number of hydrogen-bond donors (Lipinski definition) is 3. The fourth-order valence-corrected chi connectivity index (χ4v) is 5.15. The average molecular weight is 433 g/mol. The van der Waals surface area contributed by atoms with Gasteiger partial charge in [0, 0.05) is 50.0 Å². The summed E-state index contributed by atoms with van der Waals surface area (Å²) in [5.74, 6) is 0.798. The number of aryl methyl sites for hydroxylation is 1. The van der Waals surface area contributed by atoms with E-state index in [0.717, 1.165) is 68.0 Å². The highest BCUT2D eigenvalue weighted by molar-refractivity contribution is 6.22. The minimum atomic E-state index is -0.389. The number of carbonyl (C=O) groups is 1. The Bertz CT molecular complexity index is 948.